The van der Waals surface area contributed by atoms with Gasteiger partial charge in [-0.3, -0.25) is 4.79 Å². The molecular weight excluding hydrogens is 266 g/mol. The molecule has 0 aromatic carbocycles. The first-order chi connectivity index (χ1) is 9.00. The predicted molar refractivity (Wildman–Crippen MR) is 73.2 cm³/mol. The van der Waals surface area contributed by atoms with Crippen LogP contribution in [0.1, 0.15) is 19.8 Å². The van der Waals surface area contributed by atoms with E-state index in [1.165, 1.54) is 4.31 Å². The number of hydrogen-bond acceptors (Lipinski definition) is 4. The van der Waals surface area contributed by atoms with E-state index < -0.39 is 15.9 Å². The number of likely N-dealkylation sites (tertiary alicyclic amines) is 1. The highest BCUT2D eigenvalue weighted by Gasteiger charge is 2.31. The van der Waals surface area contributed by atoms with E-state index in [0.29, 0.717) is 26.2 Å². The fraction of sp³-hybridized carbons (Fsp3) is 0.917. The van der Waals surface area contributed by atoms with Crippen LogP contribution in [0.15, 0.2) is 0 Å². The summed E-state index contributed by atoms with van der Waals surface area (Å²) in [5, 5.41) is 3.13. The third-order valence-corrected chi connectivity index (χ3v) is 5.84. The maximum absolute atomic E-state index is 12.2. The maximum Gasteiger partial charge on any atom is 0.226 e. The van der Waals surface area contributed by atoms with Crippen LogP contribution >= 0.6 is 0 Å². The molecule has 19 heavy (non-hydrogen) atoms. The fourth-order valence-electron chi connectivity index (χ4n) is 2.66. The number of carbonyl (C=O) groups is 1. The Bertz CT molecular complexity index is 412. The van der Waals surface area contributed by atoms with Gasteiger partial charge in [-0.05, 0) is 12.8 Å². The first-order valence-electron chi connectivity index (χ1n) is 6.98. The Kier molecular flexibility index (Phi) is 4.81. The van der Waals surface area contributed by atoms with Crippen LogP contribution in [0.25, 0.3) is 0 Å². The van der Waals surface area contributed by atoms with Gasteiger partial charge in [-0.15, -0.1) is 0 Å². The summed E-state index contributed by atoms with van der Waals surface area (Å²) in [4.78, 5) is 13.9. The minimum atomic E-state index is -3.31. The topological polar surface area (TPSA) is 69.7 Å². The van der Waals surface area contributed by atoms with Crippen molar-refractivity contribution < 1.29 is 13.2 Å². The lowest BCUT2D eigenvalue weighted by molar-refractivity contribution is -0.133. The monoisotopic (exact) mass is 289 g/mol. The van der Waals surface area contributed by atoms with Gasteiger partial charge in [0, 0.05) is 39.3 Å². The predicted octanol–water partition coefficient (Wildman–Crippen LogP) is -0.520. The van der Waals surface area contributed by atoms with Crippen molar-refractivity contribution in [1.82, 2.24) is 14.5 Å². The molecular formula is C12H23N3O3S. The van der Waals surface area contributed by atoms with Crippen molar-refractivity contribution >= 4 is 15.9 Å². The molecule has 2 aliphatic rings. The Morgan fingerprint density at radius 2 is 1.74 bits per heavy atom. The molecule has 1 N–H and O–H groups in total. The van der Waals surface area contributed by atoms with Gasteiger partial charge in [-0.1, -0.05) is 6.92 Å². The second kappa shape index (κ2) is 6.19. The van der Waals surface area contributed by atoms with E-state index in [-0.39, 0.29) is 11.7 Å². The Labute approximate surface area is 115 Å². The second-order valence-corrected chi connectivity index (χ2v) is 7.37. The van der Waals surface area contributed by atoms with Crippen molar-refractivity contribution in [2.75, 3.05) is 45.0 Å². The summed E-state index contributed by atoms with van der Waals surface area (Å²) in [5.41, 5.74) is 0. The molecule has 0 radical (unpaired) electrons. The number of nitrogens with zero attached hydrogens (tertiary/aromatic N) is 2. The standard InChI is InChI=1S/C12H23N3O3S/c1-11(12(16)14-6-2-3-7-14)10-19(17,18)15-8-4-13-5-9-15/h11,13H,2-10H2,1H3. The molecule has 2 aliphatic heterocycles. The Morgan fingerprint density at radius 3 is 2.32 bits per heavy atom. The maximum atomic E-state index is 12.2. The SMILES string of the molecule is CC(CS(=O)(=O)N1CCNCC1)C(=O)N1CCCC1. The molecule has 0 spiro atoms. The second-order valence-electron chi connectivity index (χ2n) is 5.36. The number of hydrogen-bond donors (Lipinski definition) is 1. The third kappa shape index (κ3) is 3.67. The van der Waals surface area contributed by atoms with Crippen LogP contribution in [-0.2, 0) is 14.8 Å². The zero-order valence-corrected chi connectivity index (χ0v) is 12.3. The van der Waals surface area contributed by atoms with E-state index >= 15 is 0 Å². The van der Waals surface area contributed by atoms with Gasteiger partial charge in [-0.25, -0.2) is 8.42 Å². The third-order valence-electron chi connectivity index (χ3n) is 3.77. The summed E-state index contributed by atoms with van der Waals surface area (Å²) >= 11 is 0. The quantitative estimate of drug-likeness (QED) is 0.756. The van der Waals surface area contributed by atoms with Crippen LogP contribution in [0.5, 0.6) is 0 Å². The number of carbonyl (C=O) groups excluding carboxylic acids is 1. The van der Waals surface area contributed by atoms with Gasteiger partial charge in [0.1, 0.15) is 0 Å². The molecule has 2 fully saturated rings. The number of amides is 1. The van der Waals surface area contributed by atoms with Crippen molar-refractivity contribution in [1.29, 1.82) is 0 Å². The number of rotatable bonds is 4. The number of nitrogens with one attached hydrogen (secondary N) is 1. The van der Waals surface area contributed by atoms with Gasteiger partial charge < -0.3 is 10.2 Å². The Balaban J connectivity index is 1.92. The molecule has 1 unspecified atom stereocenters. The molecule has 0 aromatic heterocycles. The van der Waals surface area contributed by atoms with Crippen molar-refractivity contribution in [3.63, 3.8) is 0 Å². The van der Waals surface area contributed by atoms with E-state index in [1.807, 2.05) is 0 Å². The Hall–Kier alpha value is -0.660. The van der Waals surface area contributed by atoms with Gasteiger partial charge >= 0.3 is 0 Å². The zero-order valence-electron chi connectivity index (χ0n) is 11.5. The lowest BCUT2D eigenvalue weighted by atomic mass is 10.2. The van der Waals surface area contributed by atoms with E-state index in [0.717, 1.165) is 25.9 Å². The lowest BCUT2D eigenvalue weighted by Crippen LogP contribution is -2.48. The van der Waals surface area contributed by atoms with Crippen LogP contribution in [0.4, 0.5) is 0 Å². The molecule has 0 bridgehead atoms. The zero-order chi connectivity index (χ0) is 13.9. The highest BCUT2D eigenvalue weighted by molar-refractivity contribution is 7.89. The molecule has 7 heteroatoms. The average molecular weight is 289 g/mol. The summed E-state index contributed by atoms with van der Waals surface area (Å²) in [6, 6.07) is 0. The molecule has 0 saturated carbocycles. The van der Waals surface area contributed by atoms with Gasteiger partial charge in [0.05, 0.1) is 11.7 Å². The van der Waals surface area contributed by atoms with Crippen LogP contribution in [-0.4, -0.2) is 68.6 Å². The van der Waals surface area contributed by atoms with Crippen LogP contribution in [0.2, 0.25) is 0 Å². The van der Waals surface area contributed by atoms with Crippen LogP contribution in [0.3, 0.4) is 0 Å². The van der Waals surface area contributed by atoms with Crippen LogP contribution in [0, 0.1) is 5.92 Å². The molecule has 0 aliphatic carbocycles. The smallest absolute Gasteiger partial charge is 0.226 e. The first kappa shape index (κ1) is 14.7. The van der Waals surface area contributed by atoms with Gasteiger partial charge in [0.25, 0.3) is 0 Å². The van der Waals surface area contributed by atoms with Gasteiger partial charge in [0.2, 0.25) is 15.9 Å². The van der Waals surface area contributed by atoms with Crippen molar-refractivity contribution in [3.05, 3.63) is 0 Å². The molecule has 2 rings (SSSR count). The van der Waals surface area contributed by atoms with Crippen LogP contribution < -0.4 is 5.32 Å². The van der Waals surface area contributed by atoms with E-state index in [4.69, 9.17) is 0 Å². The summed E-state index contributed by atoms with van der Waals surface area (Å²) in [5.74, 6) is -0.531. The number of sulfonamides is 1. The summed E-state index contributed by atoms with van der Waals surface area (Å²) in [6.45, 7) is 5.66. The molecule has 1 amide bonds. The van der Waals surface area contributed by atoms with Crippen molar-refractivity contribution in [2.24, 2.45) is 5.92 Å². The largest absolute Gasteiger partial charge is 0.342 e. The summed E-state index contributed by atoms with van der Waals surface area (Å²) in [6.07, 6.45) is 2.06. The van der Waals surface area contributed by atoms with Crippen molar-refractivity contribution in [3.8, 4) is 0 Å². The molecule has 0 aromatic rings. The highest BCUT2D eigenvalue weighted by Crippen LogP contribution is 2.15. The minimum Gasteiger partial charge on any atom is -0.342 e. The minimum absolute atomic E-state index is 0.0174. The average Bonchev–Trinajstić information content (AvgIpc) is 2.92. The fourth-order valence-corrected chi connectivity index (χ4v) is 4.39. The highest BCUT2D eigenvalue weighted by atomic mass is 32.2. The number of piperazine rings is 1. The normalized spacial score (nSPS) is 23.5. The first-order valence-corrected chi connectivity index (χ1v) is 8.59. The molecule has 1 atom stereocenters. The lowest BCUT2D eigenvalue weighted by Gasteiger charge is -2.28. The van der Waals surface area contributed by atoms with E-state index in [2.05, 4.69) is 5.32 Å². The molecule has 6 nitrogen and oxygen atoms in total. The molecule has 2 heterocycles. The van der Waals surface area contributed by atoms with Gasteiger partial charge in [0.15, 0.2) is 0 Å². The van der Waals surface area contributed by atoms with Gasteiger partial charge in [-0.2, -0.15) is 4.31 Å². The van der Waals surface area contributed by atoms with Crippen molar-refractivity contribution in [2.45, 2.75) is 19.8 Å². The molecule has 2 saturated heterocycles. The molecule has 110 valence electrons. The van der Waals surface area contributed by atoms with E-state index in [1.54, 1.807) is 11.8 Å². The van der Waals surface area contributed by atoms with E-state index in [9.17, 15) is 13.2 Å². The Morgan fingerprint density at radius 1 is 1.16 bits per heavy atom. The summed E-state index contributed by atoms with van der Waals surface area (Å²) in [7, 11) is -3.31. The summed E-state index contributed by atoms with van der Waals surface area (Å²) < 4.78 is 26.0.